The number of hydrogen-bond donors (Lipinski definition) is 2. The molecule has 0 bridgehead atoms. The fourth-order valence-corrected chi connectivity index (χ4v) is 6.05. The van der Waals surface area contributed by atoms with Gasteiger partial charge in [-0.25, -0.2) is 22.8 Å². The first-order chi connectivity index (χ1) is 15.1. The average molecular weight is 482 g/mol. The third-order valence-electron chi connectivity index (χ3n) is 5.60. The molecule has 0 radical (unpaired) electrons. The molecule has 0 aliphatic carbocycles. The minimum absolute atomic E-state index is 0.205. The molecule has 3 atom stereocenters. The van der Waals surface area contributed by atoms with E-state index >= 15 is 0 Å². The number of nitrogens with two attached hydrogens (primary N) is 1. The predicted molar refractivity (Wildman–Crippen MR) is 123 cm³/mol. The molecule has 3 unspecified atom stereocenters. The van der Waals surface area contributed by atoms with E-state index in [-0.39, 0.29) is 18.2 Å². The molecule has 1 aromatic rings. The van der Waals surface area contributed by atoms with Gasteiger partial charge in [0.15, 0.2) is 0 Å². The highest BCUT2D eigenvalue weighted by Crippen LogP contribution is 2.42. The number of thioether (sulfide) groups is 1. The van der Waals surface area contributed by atoms with Crippen LogP contribution in [0.4, 0.5) is 10.1 Å². The number of anilines is 1. The summed E-state index contributed by atoms with van der Waals surface area (Å²) in [7, 11) is -3.33. The first-order valence-corrected chi connectivity index (χ1v) is 12.8. The monoisotopic (exact) mass is 481 g/mol. The van der Waals surface area contributed by atoms with E-state index in [9.17, 15) is 17.6 Å². The predicted octanol–water partition coefficient (Wildman–Crippen LogP) is 1.93. The van der Waals surface area contributed by atoms with E-state index < -0.39 is 34.0 Å². The SMILES string of the molecule is CC1=C(C(N)=O)SC2=NC=NC(Nc3ccc(F)cc3OC3CCCN(S(C)(=O)=O)C3)C21. The summed E-state index contributed by atoms with van der Waals surface area (Å²) in [5.74, 6) is -0.992. The zero-order valence-corrected chi connectivity index (χ0v) is 19.2. The van der Waals surface area contributed by atoms with Crippen LogP contribution in [0, 0.1) is 11.7 Å². The molecule has 12 heteroatoms. The van der Waals surface area contributed by atoms with E-state index in [2.05, 4.69) is 15.3 Å². The third-order valence-corrected chi connectivity index (χ3v) is 8.17. The van der Waals surface area contributed by atoms with Gasteiger partial charge in [-0.1, -0.05) is 11.8 Å². The molecule has 0 aromatic heterocycles. The van der Waals surface area contributed by atoms with E-state index in [0.717, 1.165) is 5.57 Å². The summed E-state index contributed by atoms with van der Waals surface area (Å²) in [6, 6.07) is 4.13. The maximum Gasteiger partial charge on any atom is 0.255 e. The molecule has 3 aliphatic heterocycles. The van der Waals surface area contributed by atoms with E-state index in [1.54, 1.807) is 6.07 Å². The first-order valence-electron chi connectivity index (χ1n) is 10.1. The van der Waals surface area contributed by atoms with E-state index in [0.29, 0.717) is 35.0 Å². The summed E-state index contributed by atoms with van der Waals surface area (Å²) in [6.07, 6.45) is 3.01. The van der Waals surface area contributed by atoms with Gasteiger partial charge < -0.3 is 15.8 Å². The molecule has 3 heterocycles. The number of aliphatic imine (C=N–C) groups is 2. The number of nitrogens with zero attached hydrogens (tertiary/aromatic N) is 3. The Morgan fingerprint density at radius 3 is 2.91 bits per heavy atom. The van der Waals surface area contributed by atoms with Gasteiger partial charge in [0, 0.05) is 12.6 Å². The van der Waals surface area contributed by atoms with Crippen LogP contribution < -0.4 is 15.8 Å². The molecule has 172 valence electrons. The van der Waals surface area contributed by atoms with Crippen molar-refractivity contribution in [2.75, 3.05) is 24.7 Å². The van der Waals surface area contributed by atoms with Gasteiger partial charge in [-0.2, -0.15) is 4.31 Å². The largest absolute Gasteiger partial charge is 0.487 e. The van der Waals surface area contributed by atoms with Gasteiger partial charge >= 0.3 is 0 Å². The molecule has 0 spiro atoms. The molecule has 1 fully saturated rings. The topological polar surface area (TPSA) is 126 Å². The lowest BCUT2D eigenvalue weighted by molar-refractivity contribution is -0.113. The number of primary amides is 1. The summed E-state index contributed by atoms with van der Waals surface area (Å²) in [6.45, 7) is 2.47. The van der Waals surface area contributed by atoms with Crippen molar-refractivity contribution < 1.29 is 22.3 Å². The number of hydrogen-bond acceptors (Lipinski definition) is 8. The number of carbonyl (C=O) groups excluding carboxylic acids is 1. The van der Waals surface area contributed by atoms with Crippen LogP contribution in [0.2, 0.25) is 0 Å². The molecule has 3 N–H and O–H groups in total. The number of rotatable bonds is 6. The Kier molecular flexibility index (Phi) is 6.28. The third kappa shape index (κ3) is 4.66. The summed E-state index contributed by atoms with van der Waals surface area (Å²) >= 11 is 1.23. The Morgan fingerprint density at radius 1 is 1.41 bits per heavy atom. The number of halogens is 1. The quantitative estimate of drug-likeness (QED) is 0.639. The van der Waals surface area contributed by atoms with Crippen LogP contribution >= 0.6 is 11.8 Å². The molecule has 32 heavy (non-hydrogen) atoms. The van der Waals surface area contributed by atoms with Crippen molar-refractivity contribution in [1.29, 1.82) is 0 Å². The summed E-state index contributed by atoms with van der Waals surface area (Å²) in [5, 5.41) is 3.98. The number of amides is 1. The Hall–Kier alpha value is -2.44. The Labute approximate surface area is 190 Å². The molecular weight excluding hydrogens is 457 g/mol. The highest BCUT2D eigenvalue weighted by atomic mass is 32.2. The molecule has 0 saturated carbocycles. The number of sulfonamides is 1. The van der Waals surface area contributed by atoms with Crippen molar-refractivity contribution in [3.05, 3.63) is 34.5 Å². The highest BCUT2D eigenvalue weighted by Gasteiger charge is 2.39. The summed E-state index contributed by atoms with van der Waals surface area (Å²) in [5.41, 5.74) is 6.77. The molecule has 1 aromatic carbocycles. The van der Waals surface area contributed by atoms with Crippen molar-refractivity contribution in [3.8, 4) is 5.75 Å². The molecule has 3 aliphatic rings. The van der Waals surface area contributed by atoms with Gasteiger partial charge in [-0.15, -0.1) is 0 Å². The first kappa shape index (κ1) is 22.7. The van der Waals surface area contributed by atoms with Crippen molar-refractivity contribution in [2.45, 2.75) is 32.0 Å². The van der Waals surface area contributed by atoms with Gasteiger partial charge in [0.1, 0.15) is 30.2 Å². The van der Waals surface area contributed by atoms with Crippen LogP contribution in [-0.4, -0.2) is 61.6 Å². The van der Waals surface area contributed by atoms with Crippen molar-refractivity contribution in [2.24, 2.45) is 21.6 Å². The van der Waals surface area contributed by atoms with Crippen LogP contribution in [0.5, 0.6) is 5.75 Å². The van der Waals surface area contributed by atoms with Crippen LogP contribution in [-0.2, 0) is 14.8 Å². The van der Waals surface area contributed by atoms with Crippen LogP contribution in [0.1, 0.15) is 19.8 Å². The normalized spacial score (nSPS) is 26.0. The summed E-state index contributed by atoms with van der Waals surface area (Å²) < 4.78 is 45.3. The zero-order chi connectivity index (χ0) is 23.0. The van der Waals surface area contributed by atoms with Crippen molar-refractivity contribution in [3.63, 3.8) is 0 Å². The minimum Gasteiger partial charge on any atom is -0.487 e. The molecule has 1 saturated heterocycles. The number of nitrogens with one attached hydrogen (secondary N) is 1. The molecular formula is C20H24FN5O4S2. The smallest absolute Gasteiger partial charge is 0.255 e. The molecule has 1 amide bonds. The van der Waals surface area contributed by atoms with Crippen molar-refractivity contribution >= 4 is 44.8 Å². The van der Waals surface area contributed by atoms with Gasteiger partial charge in [-0.3, -0.25) is 4.79 Å². The van der Waals surface area contributed by atoms with Gasteiger partial charge in [0.05, 0.1) is 34.4 Å². The zero-order valence-electron chi connectivity index (χ0n) is 17.6. The van der Waals surface area contributed by atoms with Crippen molar-refractivity contribution in [1.82, 2.24) is 4.31 Å². The number of benzene rings is 1. The van der Waals surface area contributed by atoms with Gasteiger partial charge in [0.25, 0.3) is 5.91 Å². The fourth-order valence-electron chi connectivity index (χ4n) is 4.02. The number of piperidine rings is 1. The Morgan fingerprint density at radius 2 is 2.19 bits per heavy atom. The fraction of sp³-hybridized carbons (Fsp3) is 0.450. The van der Waals surface area contributed by atoms with E-state index in [4.69, 9.17) is 10.5 Å². The lowest BCUT2D eigenvalue weighted by atomic mass is 9.97. The second-order valence-corrected chi connectivity index (χ2v) is 10.9. The second kappa shape index (κ2) is 8.83. The standard InChI is InChI=1S/C20H24FN5O4S2/c1-11-16-19(23-10-24-20(16)31-17(11)18(22)27)25-14-6-5-12(21)8-15(14)30-13-4-3-7-26(9-13)32(2,28)29/h5-6,8,10,13,16,19,25H,3-4,7,9H2,1-2H3,(H2,22,27). The maximum atomic E-state index is 14.0. The Balaban J connectivity index is 1.56. The average Bonchev–Trinajstić information content (AvgIpc) is 3.07. The van der Waals surface area contributed by atoms with Gasteiger partial charge in [-0.05, 0) is 37.5 Å². The molecule has 4 rings (SSSR count). The number of ether oxygens (including phenoxy) is 1. The molecule has 9 nitrogen and oxygen atoms in total. The maximum absolute atomic E-state index is 14.0. The highest BCUT2D eigenvalue weighted by molar-refractivity contribution is 8.18. The van der Waals surface area contributed by atoms with Crippen LogP contribution in [0.15, 0.2) is 38.7 Å². The second-order valence-electron chi connectivity index (χ2n) is 7.92. The van der Waals surface area contributed by atoms with Crippen LogP contribution in [0.3, 0.4) is 0 Å². The van der Waals surface area contributed by atoms with Gasteiger partial charge in [0.2, 0.25) is 10.0 Å². The lowest BCUT2D eigenvalue weighted by Gasteiger charge is -2.32. The Bertz CT molecular complexity index is 1130. The minimum atomic E-state index is -3.33. The number of carbonyl (C=O) groups is 1. The lowest BCUT2D eigenvalue weighted by Crippen LogP contribution is -2.44. The summed E-state index contributed by atoms with van der Waals surface area (Å²) in [4.78, 5) is 20.9. The van der Waals surface area contributed by atoms with E-state index in [1.807, 2.05) is 6.92 Å². The van der Waals surface area contributed by atoms with E-state index in [1.165, 1.54) is 40.8 Å². The van der Waals surface area contributed by atoms with Crippen LogP contribution in [0.25, 0.3) is 0 Å². The number of fused-ring (bicyclic) bond motifs is 1.